The standard InChI is InChI=1S/C11H20O/c1-10(2)6-4-3-5-7-11(12)8-9-11/h6,12H,3-5,7-9H2,1-2H3. The zero-order valence-corrected chi connectivity index (χ0v) is 8.27. The normalized spacial score (nSPS) is 18.9. The molecule has 0 aromatic carbocycles. The van der Waals surface area contributed by atoms with Gasteiger partial charge in [0.1, 0.15) is 0 Å². The number of rotatable bonds is 5. The first-order valence-corrected chi connectivity index (χ1v) is 4.98. The highest BCUT2D eigenvalue weighted by Gasteiger charge is 2.38. The third kappa shape index (κ3) is 3.91. The van der Waals surface area contributed by atoms with Crippen molar-refractivity contribution in [3.8, 4) is 0 Å². The first kappa shape index (κ1) is 9.79. The van der Waals surface area contributed by atoms with Gasteiger partial charge in [-0.15, -0.1) is 0 Å². The van der Waals surface area contributed by atoms with Crippen LogP contribution in [0.25, 0.3) is 0 Å². The maximum atomic E-state index is 9.52. The lowest BCUT2D eigenvalue weighted by atomic mass is 10.1. The summed E-state index contributed by atoms with van der Waals surface area (Å²) in [6, 6.07) is 0. The molecule has 0 radical (unpaired) electrons. The van der Waals surface area contributed by atoms with Gasteiger partial charge in [0.15, 0.2) is 0 Å². The molecule has 0 heterocycles. The second-order valence-electron chi connectivity index (χ2n) is 4.25. The van der Waals surface area contributed by atoms with Gasteiger partial charge in [0.2, 0.25) is 0 Å². The molecule has 0 amide bonds. The molecule has 0 aliphatic heterocycles. The fraction of sp³-hybridized carbons (Fsp3) is 0.818. The Balaban J connectivity index is 1.93. The summed E-state index contributed by atoms with van der Waals surface area (Å²) < 4.78 is 0. The SMILES string of the molecule is CC(C)=CCCCCC1(O)CC1. The van der Waals surface area contributed by atoms with Crippen LogP contribution in [-0.2, 0) is 0 Å². The lowest BCUT2D eigenvalue weighted by Gasteiger charge is -2.05. The summed E-state index contributed by atoms with van der Waals surface area (Å²) >= 11 is 0. The molecule has 1 N–H and O–H groups in total. The molecule has 0 unspecified atom stereocenters. The molecule has 1 aliphatic carbocycles. The van der Waals surface area contributed by atoms with Gasteiger partial charge in [0.25, 0.3) is 0 Å². The molecule has 1 rings (SSSR count). The third-order valence-corrected chi connectivity index (χ3v) is 2.48. The third-order valence-electron chi connectivity index (χ3n) is 2.48. The predicted octanol–water partition coefficient (Wildman–Crippen LogP) is 3.04. The molecule has 0 atom stereocenters. The number of allylic oxidation sites excluding steroid dienone is 2. The molecule has 0 bridgehead atoms. The van der Waals surface area contributed by atoms with Gasteiger partial charge in [-0.1, -0.05) is 18.1 Å². The Bertz CT molecular complexity index is 162. The fourth-order valence-electron chi connectivity index (χ4n) is 1.38. The monoisotopic (exact) mass is 168 g/mol. The van der Waals surface area contributed by atoms with Crippen molar-refractivity contribution in [2.75, 3.05) is 0 Å². The Morgan fingerprint density at radius 1 is 1.33 bits per heavy atom. The molecule has 1 aliphatic rings. The first-order chi connectivity index (χ1) is 5.62. The molecule has 70 valence electrons. The highest BCUT2D eigenvalue weighted by atomic mass is 16.3. The number of aliphatic hydroxyl groups is 1. The van der Waals surface area contributed by atoms with Gasteiger partial charge >= 0.3 is 0 Å². The van der Waals surface area contributed by atoms with Crippen LogP contribution in [0.15, 0.2) is 11.6 Å². The molecule has 0 aromatic rings. The average Bonchev–Trinajstić information content (AvgIpc) is 2.67. The van der Waals surface area contributed by atoms with E-state index < -0.39 is 0 Å². The van der Waals surface area contributed by atoms with Gasteiger partial charge in [-0.25, -0.2) is 0 Å². The Hall–Kier alpha value is -0.300. The molecule has 0 spiro atoms. The van der Waals surface area contributed by atoms with Crippen LogP contribution in [0.4, 0.5) is 0 Å². The summed E-state index contributed by atoms with van der Waals surface area (Å²) in [5.41, 5.74) is 1.17. The Morgan fingerprint density at radius 3 is 2.50 bits per heavy atom. The second-order valence-corrected chi connectivity index (χ2v) is 4.25. The minimum absolute atomic E-state index is 0.231. The average molecular weight is 168 g/mol. The van der Waals surface area contributed by atoms with E-state index in [9.17, 15) is 5.11 Å². The highest BCUT2D eigenvalue weighted by molar-refractivity contribution is 4.94. The molecular formula is C11H20O. The maximum Gasteiger partial charge on any atom is 0.0650 e. The largest absolute Gasteiger partial charge is 0.390 e. The molecule has 1 heteroatoms. The second kappa shape index (κ2) is 4.08. The summed E-state index contributed by atoms with van der Waals surface area (Å²) in [7, 11) is 0. The van der Waals surface area contributed by atoms with E-state index in [2.05, 4.69) is 19.9 Å². The lowest BCUT2D eigenvalue weighted by molar-refractivity contribution is 0.137. The zero-order valence-electron chi connectivity index (χ0n) is 8.27. The minimum atomic E-state index is -0.231. The van der Waals surface area contributed by atoms with Crippen molar-refractivity contribution in [2.45, 2.75) is 58.0 Å². The van der Waals surface area contributed by atoms with Crippen molar-refractivity contribution in [2.24, 2.45) is 0 Å². The molecule has 1 saturated carbocycles. The number of unbranched alkanes of at least 4 members (excludes halogenated alkanes) is 2. The van der Waals surface area contributed by atoms with Gasteiger partial charge in [0.05, 0.1) is 5.60 Å². The van der Waals surface area contributed by atoms with Gasteiger partial charge in [-0.3, -0.25) is 0 Å². The van der Waals surface area contributed by atoms with Crippen LogP contribution in [0.1, 0.15) is 52.4 Å². The van der Waals surface area contributed by atoms with E-state index in [1.54, 1.807) is 0 Å². The van der Waals surface area contributed by atoms with Crippen molar-refractivity contribution in [3.05, 3.63) is 11.6 Å². The summed E-state index contributed by atoms with van der Waals surface area (Å²) in [6.07, 6.45) is 8.96. The van der Waals surface area contributed by atoms with E-state index in [0.29, 0.717) is 0 Å². The van der Waals surface area contributed by atoms with Crippen molar-refractivity contribution in [1.82, 2.24) is 0 Å². The topological polar surface area (TPSA) is 20.2 Å². The molecule has 1 nitrogen and oxygen atoms in total. The fourth-order valence-corrected chi connectivity index (χ4v) is 1.38. The summed E-state index contributed by atoms with van der Waals surface area (Å²) in [6.45, 7) is 4.27. The van der Waals surface area contributed by atoms with E-state index >= 15 is 0 Å². The highest BCUT2D eigenvalue weighted by Crippen LogP contribution is 2.39. The van der Waals surface area contributed by atoms with Crippen molar-refractivity contribution < 1.29 is 5.11 Å². The van der Waals surface area contributed by atoms with Crippen LogP contribution < -0.4 is 0 Å². The Morgan fingerprint density at radius 2 is 2.00 bits per heavy atom. The van der Waals surface area contributed by atoms with Crippen molar-refractivity contribution >= 4 is 0 Å². The quantitative estimate of drug-likeness (QED) is 0.494. The lowest BCUT2D eigenvalue weighted by Crippen LogP contribution is -2.05. The van der Waals surface area contributed by atoms with Gasteiger partial charge in [-0.2, -0.15) is 0 Å². The maximum absolute atomic E-state index is 9.52. The zero-order chi connectivity index (χ0) is 9.03. The summed E-state index contributed by atoms with van der Waals surface area (Å²) in [5, 5.41) is 9.52. The van der Waals surface area contributed by atoms with Crippen LogP contribution in [0.2, 0.25) is 0 Å². The summed E-state index contributed by atoms with van der Waals surface area (Å²) in [5.74, 6) is 0. The van der Waals surface area contributed by atoms with E-state index in [1.165, 1.54) is 24.8 Å². The number of hydrogen-bond acceptors (Lipinski definition) is 1. The molecule has 0 saturated heterocycles. The molecule has 12 heavy (non-hydrogen) atoms. The van der Waals surface area contributed by atoms with Gasteiger partial charge < -0.3 is 5.11 Å². The van der Waals surface area contributed by atoms with Crippen LogP contribution in [-0.4, -0.2) is 10.7 Å². The van der Waals surface area contributed by atoms with Crippen molar-refractivity contribution in [3.63, 3.8) is 0 Å². The van der Waals surface area contributed by atoms with Crippen LogP contribution in [0.5, 0.6) is 0 Å². The van der Waals surface area contributed by atoms with Gasteiger partial charge in [-0.05, 0) is 46.0 Å². The van der Waals surface area contributed by atoms with Crippen molar-refractivity contribution in [1.29, 1.82) is 0 Å². The Labute approximate surface area is 75.5 Å². The van der Waals surface area contributed by atoms with E-state index in [1.807, 2.05) is 0 Å². The van der Waals surface area contributed by atoms with Crippen LogP contribution in [0, 0.1) is 0 Å². The number of hydrogen-bond donors (Lipinski definition) is 1. The van der Waals surface area contributed by atoms with E-state index in [4.69, 9.17) is 0 Å². The van der Waals surface area contributed by atoms with E-state index in [0.717, 1.165) is 19.3 Å². The van der Waals surface area contributed by atoms with Gasteiger partial charge in [0, 0.05) is 0 Å². The predicted molar refractivity (Wildman–Crippen MR) is 52.1 cm³/mol. The summed E-state index contributed by atoms with van der Waals surface area (Å²) in [4.78, 5) is 0. The van der Waals surface area contributed by atoms with E-state index in [-0.39, 0.29) is 5.60 Å². The smallest absolute Gasteiger partial charge is 0.0650 e. The van der Waals surface area contributed by atoms with Crippen LogP contribution >= 0.6 is 0 Å². The molecular weight excluding hydrogens is 148 g/mol. The molecule has 0 aromatic heterocycles. The minimum Gasteiger partial charge on any atom is -0.390 e. The first-order valence-electron chi connectivity index (χ1n) is 4.98. The van der Waals surface area contributed by atoms with Crippen LogP contribution in [0.3, 0.4) is 0 Å². The Kier molecular flexibility index (Phi) is 3.33. The molecule has 1 fully saturated rings.